The molecule has 0 saturated carbocycles. The Morgan fingerprint density at radius 2 is 1.84 bits per heavy atom. The highest BCUT2D eigenvalue weighted by Gasteiger charge is 2.13. The van der Waals surface area contributed by atoms with Gasteiger partial charge in [0.05, 0.1) is 24.3 Å². The molecule has 1 aromatic carbocycles. The van der Waals surface area contributed by atoms with E-state index in [-0.39, 0.29) is 17.7 Å². The number of hydrogen-bond donors (Lipinski definition) is 1. The molecule has 1 rings (SSSR count). The molecule has 0 aliphatic carbocycles. The van der Waals surface area contributed by atoms with Crippen molar-refractivity contribution >= 4 is 11.9 Å². The molecule has 0 amide bonds. The predicted molar refractivity (Wildman–Crippen MR) is 69.8 cm³/mol. The monoisotopic (exact) mass is 266 g/mol. The second-order valence-electron chi connectivity index (χ2n) is 3.97. The fourth-order valence-electron chi connectivity index (χ4n) is 1.47. The molecule has 0 radical (unpaired) electrons. The van der Waals surface area contributed by atoms with Crippen LogP contribution in [0.2, 0.25) is 0 Å². The van der Waals surface area contributed by atoms with Gasteiger partial charge in [-0.1, -0.05) is 13.3 Å². The molecule has 104 valence electrons. The van der Waals surface area contributed by atoms with Crippen LogP contribution in [-0.4, -0.2) is 30.3 Å². The minimum atomic E-state index is -1.11. The van der Waals surface area contributed by atoms with Crippen LogP contribution in [0.4, 0.5) is 0 Å². The van der Waals surface area contributed by atoms with Crippen LogP contribution in [0, 0.1) is 0 Å². The summed E-state index contributed by atoms with van der Waals surface area (Å²) in [5, 5.41) is 9.01. The van der Waals surface area contributed by atoms with Gasteiger partial charge in [-0.3, -0.25) is 0 Å². The van der Waals surface area contributed by atoms with Gasteiger partial charge in [0.25, 0.3) is 0 Å². The lowest BCUT2D eigenvalue weighted by Gasteiger charge is -2.09. The zero-order chi connectivity index (χ0) is 14.3. The lowest BCUT2D eigenvalue weighted by Crippen LogP contribution is -2.08. The Labute approximate surface area is 112 Å². The Bertz CT molecular complexity index is 453. The molecule has 0 saturated heterocycles. The first kappa shape index (κ1) is 15.0. The number of benzene rings is 1. The van der Waals surface area contributed by atoms with E-state index < -0.39 is 11.9 Å². The molecule has 0 aliphatic heterocycles. The molecular weight excluding hydrogens is 248 g/mol. The molecule has 5 heteroatoms. The molecule has 5 nitrogen and oxygen atoms in total. The second-order valence-corrected chi connectivity index (χ2v) is 3.97. The Balaban J connectivity index is 2.96. The number of aromatic carboxylic acids is 1. The van der Waals surface area contributed by atoms with Crippen LogP contribution >= 0.6 is 0 Å². The van der Waals surface area contributed by atoms with Gasteiger partial charge in [-0.25, -0.2) is 9.59 Å². The van der Waals surface area contributed by atoms with Crippen molar-refractivity contribution in [1.29, 1.82) is 0 Å². The maximum Gasteiger partial charge on any atom is 0.338 e. The van der Waals surface area contributed by atoms with E-state index in [1.54, 1.807) is 6.92 Å². The zero-order valence-corrected chi connectivity index (χ0v) is 11.1. The van der Waals surface area contributed by atoms with Gasteiger partial charge >= 0.3 is 11.9 Å². The fourth-order valence-corrected chi connectivity index (χ4v) is 1.47. The van der Waals surface area contributed by atoms with Crippen molar-refractivity contribution in [1.82, 2.24) is 0 Å². The average molecular weight is 266 g/mol. The molecule has 0 unspecified atom stereocenters. The molecular formula is C14H18O5. The molecule has 0 spiro atoms. The van der Waals surface area contributed by atoms with E-state index in [1.165, 1.54) is 18.2 Å². The van der Waals surface area contributed by atoms with Crippen molar-refractivity contribution in [3.8, 4) is 5.75 Å². The van der Waals surface area contributed by atoms with Gasteiger partial charge in [0.15, 0.2) is 0 Å². The standard InChI is InChI=1S/C14H18O5/c1-3-5-6-19-12-8-10(13(15)16)7-11(9-12)14(17)18-4-2/h7-9H,3-6H2,1-2H3,(H,15,16). The summed E-state index contributed by atoms with van der Waals surface area (Å²) in [7, 11) is 0. The summed E-state index contributed by atoms with van der Waals surface area (Å²) < 4.78 is 10.3. The molecule has 0 heterocycles. The number of hydrogen-bond acceptors (Lipinski definition) is 4. The lowest BCUT2D eigenvalue weighted by atomic mass is 10.1. The summed E-state index contributed by atoms with van der Waals surface area (Å²) in [6.07, 6.45) is 1.84. The Hall–Kier alpha value is -2.04. The lowest BCUT2D eigenvalue weighted by molar-refractivity contribution is 0.0526. The summed E-state index contributed by atoms with van der Waals surface area (Å²) in [6.45, 7) is 4.45. The molecule has 0 aliphatic rings. The molecule has 1 aromatic rings. The van der Waals surface area contributed by atoms with E-state index in [0.717, 1.165) is 12.8 Å². The number of carbonyl (C=O) groups is 2. The summed E-state index contributed by atoms with van der Waals surface area (Å²) in [5.41, 5.74) is 0.199. The van der Waals surface area contributed by atoms with E-state index in [9.17, 15) is 9.59 Å². The summed E-state index contributed by atoms with van der Waals surface area (Å²) >= 11 is 0. The van der Waals surface area contributed by atoms with Crippen molar-refractivity contribution < 1.29 is 24.2 Å². The number of unbranched alkanes of at least 4 members (excludes halogenated alkanes) is 1. The van der Waals surface area contributed by atoms with E-state index in [4.69, 9.17) is 14.6 Å². The minimum Gasteiger partial charge on any atom is -0.494 e. The number of carboxylic acid groups (broad SMARTS) is 1. The number of rotatable bonds is 7. The van der Waals surface area contributed by atoms with Gasteiger partial charge in [-0.05, 0) is 31.5 Å². The highest BCUT2D eigenvalue weighted by molar-refractivity contribution is 5.95. The number of carbonyl (C=O) groups excluding carboxylic acids is 1. The maximum absolute atomic E-state index is 11.6. The quantitative estimate of drug-likeness (QED) is 0.606. The molecule has 0 bridgehead atoms. The van der Waals surface area contributed by atoms with Gasteiger partial charge < -0.3 is 14.6 Å². The zero-order valence-electron chi connectivity index (χ0n) is 11.1. The Morgan fingerprint density at radius 1 is 1.16 bits per heavy atom. The first-order chi connectivity index (χ1) is 9.08. The normalized spacial score (nSPS) is 10.0. The van der Waals surface area contributed by atoms with Gasteiger partial charge in [-0.15, -0.1) is 0 Å². The molecule has 0 atom stereocenters. The third-order valence-corrected chi connectivity index (χ3v) is 2.43. The smallest absolute Gasteiger partial charge is 0.338 e. The highest BCUT2D eigenvalue weighted by Crippen LogP contribution is 2.19. The van der Waals surface area contributed by atoms with Crippen LogP contribution in [-0.2, 0) is 4.74 Å². The molecule has 0 aromatic heterocycles. The Morgan fingerprint density at radius 3 is 2.42 bits per heavy atom. The fraction of sp³-hybridized carbons (Fsp3) is 0.429. The SMILES string of the molecule is CCCCOc1cc(C(=O)O)cc(C(=O)OCC)c1. The predicted octanol–water partition coefficient (Wildman–Crippen LogP) is 2.74. The van der Waals surface area contributed by atoms with E-state index in [0.29, 0.717) is 12.4 Å². The second kappa shape index (κ2) is 7.41. The van der Waals surface area contributed by atoms with Crippen LogP contribution in [0.25, 0.3) is 0 Å². The number of ether oxygens (including phenoxy) is 2. The first-order valence-corrected chi connectivity index (χ1v) is 6.26. The Kier molecular flexibility index (Phi) is 5.85. The number of carboxylic acids is 1. The maximum atomic E-state index is 11.6. The van der Waals surface area contributed by atoms with Crippen LogP contribution in [0.3, 0.4) is 0 Å². The molecule has 1 N–H and O–H groups in total. The average Bonchev–Trinajstić information content (AvgIpc) is 2.39. The van der Waals surface area contributed by atoms with Crippen molar-refractivity contribution in [3.63, 3.8) is 0 Å². The van der Waals surface area contributed by atoms with Crippen LogP contribution in [0.15, 0.2) is 18.2 Å². The molecule has 0 fully saturated rings. The highest BCUT2D eigenvalue weighted by atomic mass is 16.5. The van der Waals surface area contributed by atoms with Crippen molar-refractivity contribution in [2.45, 2.75) is 26.7 Å². The van der Waals surface area contributed by atoms with E-state index >= 15 is 0 Å². The van der Waals surface area contributed by atoms with E-state index in [2.05, 4.69) is 0 Å². The van der Waals surface area contributed by atoms with E-state index in [1.807, 2.05) is 6.92 Å². The third kappa shape index (κ3) is 4.62. The van der Waals surface area contributed by atoms with Gasteiger partial charge in [0, 0.05) is 0 Å². The van der Waals surface area contributed by atoms with Crippen LogP contribution in [0.1, 0.15) is 47.4 Å². The van der Waals surface area contributed by atoms with Crippen molar-refractivity contribution in [3.05, 3.63) is 29.3 Å². The topological polar surface area (TPSA) is 72.8 Å². The third-order valence-electron chi connectivity index (χ3n) is 2.43. The van der Waals surface area contributed by atoms with Gasteiger partial charge in [-0.2, -0.15) is 0 Å². The van der Waals surface area contributed by atoms with Crippen molar-refractivity contribution in [2.24, 2.45) is 0 Å². The first-order valence-electron chi connectivity index (χ1n) is 6.26. The minimum absolute atomic E-state index is 0.0112. The summed E-state index contributed by atoms with van der Waals surface area (Å²) in [6, 6.07) is 4.19. The van der Waals surface area contributed by atoms with Crippen molar-refractivity contribution in [2.75, 3.05) is 13.2 Å². The van der Waals surface area contributed by atoms with Gasteiger partial charge in [0.2, 0.25) is 0 Å². The summed E-state index contributed by atoms with van der Waals surface area (Å²) in [4.78, 5) is 22.6. The molecule has 19 heavy (non-hydrogen) atoms. The van der Waals surface area contributed by atoms with Gasteiger partial charge in [0.1, 0.15) is 5.75 Å². The number of esters is 1. The largest absolute Gasteiger partial charge is 0.494 e. The van der Waals surface area contributed by atoms with Crippen LogP contribution < -0.4 is 4.74 Å². The summed E-state index contributed by atoms with van der Waals surface area (Å²) in [5.74, 6) is -1.28. The van der Waals surface area contributed by atoms with Crippen LogP contribution in [0.5, 0.6) is 5.75 Å².